The number of carbonyl (C=O) groups excluding carboxylic acids is 3. The van der Waals surface area contributed by atoms with Crippen molar-refractivity contribution in [1.82, 2.24) is 10.2 Å². The maximum Gasteiger partial charge on any atom is 0.408 e. The molecule has 2 unspecified atom stereocenters. The van der Waals surface area contributed by atoms with Crippen LogP contribution in [0, 0.1) is 0 Å². The van der Waals surface area contributed by atoms with Crippen molar-refractivity contribution in [3.8, 4) is 5.75 Å². The zero-order chi connectivity index (χ0) is 31.3. The third-order valence-corrected chi connectivity index (χ3v) is 7.75. The van der Waals surface area contributed by atoms with Gasteiger partial charge in [0.2, 0.25) is 5.91 Å². The average Bonchev–Trinajstić information content (AvgIpc) is 2.95. The molecule has 2 atom stereocenters. The summed E-state index contributed by atoms with van der Waals surface area (Å²) in [6.45, 7) is 5.29. The van der Waals surface area contributed by atoms with Crippen molar-refractivity contribution in [3.63, 3.8) is 0 Å². The molecule has 1 aliphatic carbocycles. The monoisotopic (exact) mass is 593 g/mol. The van der Waals surface area contributed by atoms with Crippen molar-refractivity contribution >= 4 is 34.4 Å². The average molecular weight is 594 g/mol. The molecule has 228 valence electrons. The van der Waals surface area contributed by atoms with Gasteiger partial charge in [0, 0.05) is 18.2 Å². The number of benzene rings is 4. The molecule has 3 N–H and O–H groups in total. The van der Waals surface area contributed by atoms with E-state index in [4.69, 9.17) is 4.74 Å². The molecular formula is C36H39N3O5. The van der Waals surface area contributed by atoms with Gasteiger partial charge in [0.15, 0.2) is 0 Å². The largest absolute Gasteiger partial charge is 0.508 e. The van der Waals surface area contributed by atoms with Crippen LogP contribution in [0.1, 0.15) is 57.2 Å². The lowest BCUT2D eigenvalue weighted by Gasteiger charge is -2.43. The number of nitrogens with one attached hydrogen (secondary N) is 2. The molecule has 4 aromatic carbocycles. The fraction of sp³-hybridized carbons (Fsp3) is 0.306. The molecule has 3 amide bonds. The molecule has 0 aromatic heterocycles. The van der Waals surface area contributed by atoms with Crippen LogP contribution in [0.15, 0.2) is 97.1 Å². The highest BCUT2D eigenvalue weighted by molar-refractivity contribution is 6.00. The van der Waals surface area contributed by atoms with Crippen LogP contribution < -0.4 is 10.6 Å². The number of alkyl carbamates (subject to hydrolysis) is 1. The lowest BCUT2D eigenvalue weighted by atomic mass is 9.87. The van der Waals surface area contributed by atoms with Crippen LogP contribution in [0.2, 0.25) is 0 Å². The Labute approximate surface area is 258 Å². The number of rotatable bonds is 9. The minimum atomic E-state index is -1.02. The van der Waals surface area contributed by atoms with Gasteiger partial charge in [0.1, 0.15) is 23.4 Å². The van der Waals surface area contributed by atoms with E-state index in [1.54, 1.807) is 37.8 Å². The van der Waals surface area contributed by atoms with Crippen molar-refractivity contribution in [2.45, 2.75) is 70.2 Å². The number of phenols is 1. The first-order valence-electron chi connectivity index (χ1n) is 15.0. The Kier molecular flexibility index (Phi) is 9.18. The second-order valence-electron chi connectivity index (χ2n) is 12.3. The van der Waals surface area contributed by atoms with E-state index in [0.29, 0.717) is 11.3 Å². The fourth-order valence-corrected chi connectivity index (χ4v) is 5.44. The summed E-state index contributed by atoms with van der Waals surface area (Å²) in [4.78, 5) is 43.5. The zero-order valence-corrected chi connectivity index (χ0v) is 25.3. The van der Waals surface area contributed by atoms with Crippen molar-refractivity contribution in [2.24, 2.45) is 0 Å². The maximum atomic E-state index is 14.6. The summed E-state index contributed by atoms with van der Waals surface area (Å²) < 4.78 is 5.53. The van der Waals surface area contributed by atoms with E-state index >= 15 is 0 Å². The zero-order valence-electron chi connectivity index (χ0n) is 25.3. The van der Waals surface area contributed by atoms with Gasteiger partial charge in [-0.25, -0.2) is 4.79 Å². The molecule has 0 spiro atoms. The third-order valence-electron chi connectivity index (χ3n) is 7.75. The Morgan fingerprint density at radius 2 is 1.55 bits per heavy atom. The molecule has 5 rings (SSSR count). The van der Waals surface area contributed by atoms with Gasteiger partial charge >= 0.3 is 6.09 Å². The third kappa shape index (κ3) is 7.56. The number of fused-ring (bicyclic) bond motifs is 1. The van der Waals surface area contributed by atoms with Gasteiger partial charge in [-0.3, -0.25) is 9.59 Å². The number of amides is 3. The lowest BCUT2D eigenvalue weighted by molar-refractivity contribution is -0.145. The van der Waals surface area contributed by atoms with E-state index in [9.17, 15) is 19.5 Å². The van der Waals surface area contributed by atoms with Gasteiger partial charge in [-0.1, -0.05) is 72.8 Å². The van der Waals surface area contributed by atoms with Crippen molar-refractivity contribution in [1.29, 1.82) is 0 Å². The number of ether oxygens (including phenoxy) is 1. The Bertz CT molecular complexity index is 1610. The van der Waals surface area contributed by atoms with Gasteiger partial charge in [-0.2, -0.15) is 0 Å². The summed E-state index contributed by atoms with van der Waals surface area (Å²) in [5.41, 5.74) is 1.26. The minimum Gasteiger partial charge on any atom is -0.508 e. The molecule has 0 bridgehead atoms. The normalized spacial score (nSPS) is 14.6. The number of anilines is 1. The summed E-state index contributed by atoms with van der Waals surface area (Å²) in [6.07, 6.45) is 1.90. The van der Waals surface area contributed by atoms with Crippen LogP contribution in [0.5, 0.6) is 5.75 Å². The van der Waals surface area contributed by atoms with Gasteiger partial charge in [-0.15, -0.1) is 0 Å². The summed E-state index contributed by atoms with van der Waals surface area (Å²) in [5, 5.41) is 17.9. The Morgan fingerprint density at radius 1 is 0.886 bits per heavy atom. The molecule has 0 heterocycles. The number of carbonyl (C=O) groups is 3. The summed E-state index contributed by atoms with van der Waals surface area (Å²) in [6, 6.07) is 27.1. The first-order chi connectivity index (χ1) is 21.1. The standard InChI is InChI=1S/C36H39N3O5/c1-36(2,3)44-35(43)38-31(22-24-10-5-4-6-11-24)34(42)39(29-14-9-15-29)32(26-17-20-30(40)21-18-26)33(41)37-28-19-16-25-12-7-8-13-27(25)23-28/h4-8,10-13,16-21,23,29,31-32,40H,9,14-15,22H2,1-3H3,(H,37,41)(H,38,43). The first-order valence-corrected chi connectivity index (χ1v) is 15.0. The molecule has 0 radical (unpaired) electrons. The second kappa shape index (κ2) is 13.2. The quantitative estimate of drug-likeness (QED) is 0.199. The van der Waals surface area contributed by atoms with Crippen LogP contribution in [0.4, 0.5) is 10.5 Å². The maximum absolute atomic E-state index is 14.6. The van der Waals surface area contributed by atoms with Crippen molar-refractivity contribution in [2.75, 3.05) is 5.32 Å². The topological polar surface area (TPSA) is 108 Å². The molecule has 8 nitrogen and oxygen atoms in total. The van der Waals surface area contributed by atoms with Gasteiger partial charge < -0.3 is 25.4 Å². The fourth-order valence-electron chi connectivity index (χ4n) is 5.44. The van der Waals surface area contributed by atoms with E-state index in [2.05, 4.69) is 10.6 Å². The van der Waals surface area contributed by atoms with Gasteiger partial charge in [-0.05, 0) is 86.2 Å². The molecule has 1 aliphatic rings. The smallest absolute Gasteiger partial charge is 0.408 e. The number of aromatic hydroxyl groups is 1. The van der Waals surface area contributed by atoms with Crippen LogP contribution in [-0.4, -0.2) is 45.6 Å². The number of phenolic OH excluding ortho intramolecular Hbond substituents is 1. The SMILES string of the molecule is CC(C)(C)OC(=O)NC(Cc1ccccc1)C(=O)N(C1CCC1)C(C(=O)Nc1ccc2ccccc2c1)c1ccc(O)cc1. The highest BCUT2D eigenvalue weighted by Gasteiger charge is 2.42. The molecule has 44 heavy (non-hydrogen) atoms. The van der Waals surface area contributed by atoms with Crippen molar-refractivity contribution < 1.29 is 24.2 Å². The van der Waals surface area contributed by atoms with Crippen LogP contribution >= 0.6 is 0 Å². The highest BCUT2D eigenvalue weighted by Crippen LogP contribution is 2.35. The van der Waals surface area contributed by atoms with E-state index in [1.807, 2.05) is 72.8 Å². The molecule has 1 fully saturated rings. The van der Waals surface area contributed by atoms with E-state index in [-0.39, 0.29) is 30.0 Å². The Morgan fingerprint density at radius 3 is 2.18 bits per heavy atom. The molecule has 4 aromatic rings. The molecular weight excluding hydrogens is 554 g/mol. The van der Waals surface area contributed by atoms with Gasteiger partial charge in [0.25, 0.3) is 5.91 Å². The van der Waals surface area contributed by atoms with E-state index < -0.39 is 23.8 Å². The van der Waals surface area contributed by atoms with Gasteiger partial charge in [0.05, 0.1) is 0 Å². The number of nitrogens with zero attached hydrogens (tertiary/aromatic N) is 1. The van der Waals surface area contributed by atoms with Crippen LogP contribution in [0.25, 0.3) is 10.8 Å². The number of hydrogen-bond acceptors (Lipinski definition) is 5. The Hall–Kier alpha value is -4.85. The molecule has 0 aliphatic heterocycles. The first kappa shape index (κ1) is 30.6. The molecule has 8 heteroatoms. The Balaban J connectivity index is 1.52. The lowest BCUT2D eigenvalue weighted by Crippen LogP contribution is -2.57. The van der Waals surface area contributed by atoms with Crippen molar-refractivity contribution in [3.05, 3.63) is 108 Å². The molecule has 1 saturated carbocycles. The van der Waals surface area contributed by atoms with Crippen LogP contribution in [0.3, 0.4) is 0 Å². The summed E-state index contributed by atoms with van der Waals surface area (Å²) in [7, 11) is 0. The second-order valence-corrected chi connectivity index (χ2v) is 12.3. The van der Waals surface area contributed by atoms with E-state index in [1.165, 1.54) is 12.1 Å². The highest BCUT2D eigenvalue weighted by atomic mass is 16.6. The molecule has 0 saturated heterocycles. The predicted octanol–water partition coefficient (Wildman–Crippen LogP) is 6.74. The minimum absolute atomic E-state index is 0.0532. The van der Waals surface area contributed by atoms with E-state index in [0.717, 1.165) is 35.6 Å². The summed E-state index contributed by atoms with van der Waals surface area (Å²) >= 11 is 0. The number of hydrogen-bond donors (Lipinski definition) is 3. The van der Waals surface area contributed by atoms with Crippen LogP contribution in [-0.2, 0) is 20.7 Å². The summed E-state index contributed by atoms with van der Waals surface area (Å²) in [5.74, 6) is -0.712. The predicted molar refractivity (Wildman–Crippen MR) is 171 cm³/mol.